The summed E-state index contributed by atoms with van der Waals surface area (Å²) in [4.78, 5) is 0. The predicted molar refractivity (Wildman–Crippen MR) is 135 cm³/mol. The van der Waals surface area contributed by atoms with E-state index < -0.39 is 14.5 Å². The van der Waals surface area contributed by atoms with Crippen LogP contribution in [0.4, 0.5) is 0 Å². The summed E-state index contributed by atoms with van der Waals surface area (Å²) in [6.07, 6.45) is 7.45. The third kappa shape index (κ3) is 170. The quantitative estimate of drug-likeness (QED) is 0.287. The van der Waals surface area contributed by atoms with Crippen LogP contribution in [0.5, 0.6) is 0 Å². The molecule has 0 atom stereocenters. The Balaban J connectivity index is -0.00000000931. The molecule has 0 spiro atoms. The van der Waals surface area contributed by atoms with E-state index in [2.05, 4.69) is 12.6 Å². The Bertz CT molecular complexity index is 227. The minimum atomic E-state index is -1.65. The zero-order valence-corrected chi connectivity index (χ0v) is 29.7. The van der Waals surface area contributed by atoms with Crippen LogP contribution >= 0.6 is 14.5 Å². The molecule has 0 heterocycles. The third-order valence-electron chi connectivity index (χ3n) is 1.27. The summed E-state index contributed by atoms with van der Waals surface area (Å²) in [7, 11) is 2.10. The van der Waals surface area contributed by atoms with E-state index in [1.165, 1.54) is 0 Å². The zero-order valence-electron chi connectivity index (χ0n) is 23.7. The average molecular weight is 648 g/mol. The molecule has 0 aromatic heterocycles. The van der Waals surface area contributed by atoms with Gasteiger partial charge in [-0.05, 0) is 20.4 Å². The van der Waals surface area contributed by atoms with Gasteiger partial charge in [0.25, 0.3) is 0 Å². The second kappa shape index (κ2) is 98.3. The van der Waals surface area contributed by atoms with Crippen molar-refractivity contribution in [3.63, 3.8) is 0 Å². The summed E-state index contributed by atoms with van der Waals surface area (Å²) in [5, 5.41) is 0. The van der Waals surface area contributed by atoms with Crippen molar-refractivity contribution < 1.29 is 240 Å². The van der Waals surface area contributed by atoms with Crippen LogP contribution in [0.15, 0.2) is 0 Å². The van der Waals surface area contributed by atoms with Gasteiger partial charge in [-0.1, -0.05) is 95.7 Å². The predicted octanol–water partition coefficient (Wildman–Crippen LogP) is 8.60. The maximum Gasteiger partial charge on any atom is 0.113 e. The summed E-state index contributed by atoms with van der Waals surface area (Å²) in [6, 6.07) is 0. The maximum atomic E-state index is 4.94. The second-order valence-corrected chi connectivity index (χ2v) is 9.41. The SMILES string of the molecule is C=P(C)(C)OC.C=P(C)(OC)OC.CC.CC.CC.CC.CC.CC.[Ar].[Ar].[Ar].[Ar].[Ar].[Ar]. The molecule has 31 heavy (non-hydrogen) atoms. The number of rotatable bonds is 3. The van der Waals surface area contributed by atoms with Crippen LogP contribution in [0.25, 0.3) is 0 Å². The Morgan fingerprint density at radius 1 is 0.387 bits per heavy atom. The molecule has 11 heteroatoms. The first-order valence-electron chi connectivity index (χ1n) is 9.75. The molecule has 0 amide bonds. The van der Waals surface area contributed by atoms with Gasteiger partial charge in [0.15, 0.2) is 0 Å². The molecular formula is C20H58Ar6O3P2. The second-order valence-electron chi connectivity index (χ2n) is 3.14. The molecule has 0 radical (unpaired) electrons. The molecule has 0 aliphatic rings. The van der Waals surface area contributed by atoms with Crippen molar-refractivity contribution in [3.8, 4) is 0 Å². The molecule has 0 fully saturated rings. The molecule has 0 unspecified atom stereocenters. The van der Waals surface area contributed by atoms with E-state index in [1.807, 2.05) is 103 Å². The largest absolute Gasteiger partial charge is 0.366 e. The molecule has 0 aromatic rings. The summed E-state index contributed by atoms with van der Waals surface area (Å²) in [6.45, 7) is 29.9. The van der Waals surface area contributed by atoms with E-state index in [-0.39, 0.29) is 226 Å². The average Bonchev–Trinajstić information content (AvgIpc) is 2.71. The van der Waals surface area contributed by atoms with Crippen LogP contribution in [-0.4, -0.2) is 53.9 Å². The van der Waals surface area contributed by atoms with Gasteiger partial charge in [0, 0.05) is 254 Å². The Kier molecular flexibility index (Phi) is 286. The van der Waals surface area contributed by atoms with E-state index in [4.69, 9.17) is 13.6 Å². The fourth-order valence-electron chi connectivity index (χ4n) is 0.0745. The maximum absolute atomic E-state index is 4.94. The Hall–Kier alpha value is 8.04. The van der Waals surface area contributed by atoms with Crippen molar-refractivity contribution in [2.75, 3.05) is 41.3 Å². The topological polar surface area (TPSA) is 27.7 Å². The molecule has 0 saturated heterocycles. The van der Waals surface area contributed by atoms with Crippen molar-refractivity contribution in [2.24, 2.45) is 0 Å². The van der Waals surface area contributed by atoms with Crippen LogP contribution < -0.4 is 0 Å². The summed E-state index contributed by atoms with van der Waals surface area (Å²) < 4.78 is 14.7. The van der Waals surface area contributed by atoms with Crippen LogP contribution in [0, 0.1) is 226 Å². The van der Waals surface area contributed by atoms with Crippen molar-refractivity contribution in [2.45, 2.75) is 83.1 Å². The van der Waals surface area contributed by atoms with Gasteiger partial charge in [-0.15, -0.1) is 0 Å². The smallest absolute Gasteiger partial charge is 0.113 e. The van der Waals surface area contributed by atoms with Crippen molar-refractivity contribution >= 4 is 27.1 Å². The third-order valence-corrected chi connectivity index (χ3v) is 3.80. The Labute approximate surface area is 382 Å². The van der Waals surface area contributed by atoms with Gasteiger partial charge >= 0.3 is 0 Å². The first-order chi connectivity index (χ1) is 11.7. The molecular weight excluding hydrogens is 590 g/mol. The normalized spacial score (nSPS) is 6.13. The molecule has 0 aliphatic carbocycles. The minimum absolute atomic E-state index is 0. The number of hydrogen-bond acceptors (Lipinski definition) is 3. The van der Waals surface area contributed by atoms with Crippen molar-refractivity contribution in [3.05, 3.63) is 0 Å². The molecule has 0 aromatic carbocycles. The van der Waals surface area contributed by atoms with Crippen molar-refractivity contribution in [1.29, 1.82) is 0 Å². The van der Waals surface area contributed by atoms with Gasteiger partial charge in [0.1, 0.15) is 7.34 Å². The van der Waals surface area contributed by atoms with Gasteiger partial charge in [-0.3, -0.25) is 0 Å². The fraction of sp³-hybridized carbons (Fsp3) is 0.900. The van der Waals surface area contributed by atoms with E-state index in [0.29, 0.717) is 0 Å². The Morgan fingerprint density at radius 3 is 0.484 bits per heavy atom. The summed E-state index contributed by atoms with van der Waals surface area (Å²) >= 11 is 0. The molecule has 214 valence electrons. The molecule has 3 nitrogen and oxygen atoms in total. The monoisotopic (exact) mass is 648 g/mol. The van der Waals surface area contributed by atoms with E-state index >= 15 is 0 Å². The van der Waals surface area contributed by atoms with E-state index in [0.717, 1.165) is 0 Å². The molecule has 0 aliphatic heterocycles. The van der Waals surface area contributed by atoms with Gasteiger partial charge in [-0.2, -0.15) is 0 Å². The molecule has 0 rings (SSSR count). The first-order valence-corrected chi connectivity index (χ1v) is 14.8. The standard InChI is InChI=1S/C4H11O2P.C4H11OP.6C2H6.6Ar/c1-5-7(3,4)6-2;1-5-6(2,3)4;6*1-2;;;;;;/h3H2,1-2,4H3;2H2,1,3-4H3;6*1-2H3;;;;;;. The molecule has 0 bridgehead atoms. The van der Waals surface area contributed by atoms with Gasteiger partial charge in [0.2, 0.25) is 0 Å². The van der Waals surface area contributed by atoms with Crippen molar-refractivity contribution in [1.82, 2.24) is 0 Å². The van der Waals surface area contributed by atoms with Crippen LogP contribution in [-0.2, 0) is 13.6 Å². The van der Waals surface area contributed by atoms with Gasteiger partial charge < -0.3 is 13.6 Å². The van der Waals surface area contributed by atoms with Crippen LogP contribution in [0.2, 0.25) is 0 Å². The van der Waals surface area contributed by atoms with Gasteiger partial charge in [-0.25, -0.2) is 0 Å². The number of hydrogen-bond donors (Lipinski definition) is 0. The molecule has 0 N–H and O–H groups in total. The van der Waals surface area contributed by atoms with E-state index in [9.17, 15) is 0 Å². The minimum Gasteiger partial charge on any atom is -0.366 e. The summed E-state index contributed by atoms with van der Waals surface area (Å²) in [5.41, 5.74) is 0. The van der Waals surface area contributed by atoms with E-state index in [1.54, 1.807) is 21.3 Å². The van der Waals surface area contributed by atoms with Crippen LogP contribution in [0.1, 0.15) is 83.1 Å². The van der Waals surface area contributed by atoms with Crippen LogP contribution in [0.3, 0.4) is 0 Å². The first kappa shape index (κ1) is 90.1. The summed E-state index contributed by atoms with van der Waals surface area (Å²) in [5.74, 6) is 0. The van der Waals surface area contributed by atoms with Gasteiger partial charge in [0.05, 0.1) is 0 Å². The fourth-order valence-corrected chi connectivity index (χ4v) is 0.224. The zero-order chi connectivity index (χ0) is 23.1. The molecule has 0 saturated carbocycles. The Morgan fingerprint density at radius 2 is 0.484 bits per heavy atom.